The number of hydrogen-bond acceptors (Lipinski definition) is 12. The van der Waals surface area contributed by atoms with E-state index in [1.807, 2.05) is 0 Å². The van der Waals surface area contributed by atoms with Gasteiger partial charge >= 0.3 is 5.97 Å². The molecule has 1 aromatic rings. The first-order valence-electron chi connectivity index (χ1n) is 10.0. The van der Waals surface area contributed by atoms with Crippen molar-refractivity contribution in [1.82, 2.24) is 0 Å². The number of carbonyl (C=O) groups excluding carboxylic acids is 1. The third-order valence-corrected chi connectivity index (χ3v) is 5.45. The molecule has 0 spiro atoms. The van der Waals surface area contributed by atoms with Gasteiger partial charge < -0.3 is 54.3 Å². The van der Waals surface area contributed by atoms with Gasteiger partial charge in [0.05, 0.1) is 19.8 Å². The maximum Gasteiger partial charge on any atom is 0.344 e. The number of aliphatic hydroxyl groups excluding tert-OH is 6. The highest BCUT2D eigenvalue weighted by Crippen LogP contribution is 2.27. The Kier molecular flexibility index (Phi) is 8.03. The van der Waals surface area contributed by atoms with Gasteiger partial charge in [-0.15, -0.1) is 0 Å². The molecular weight excluding hydrogens is 432 g/mol. The zero-order valence-electron chi connectivity index (χ0n) is 17.4. The van der Waals surface area contributed by atoms with Gasteiger partial charge in [-0.1, -0.05) is 12.1 Å². The average molecular weight is 460 g/mol. The van der Waals surface area contributed by atoms with Crippen LogP contribution in [0.15, 0.2) is 24.3 Å². The van der Waals surface area contributed by atoms with E-state index in [4.69, 9.17) is 23.7 Å². The number of ether oxygens (including phenoxy) is 5. The Hall–Kier alpha value is -1.87. The molecule has 180 valence electrons. The van der Waals surface area contributed by atoms with Crippen LogP contribution in [0.2, 0.25) is 0 Å². The normalized spacial score (nSPS) is 40.0. The van der Waals surface area contributed by atoms with Crippen LogP contribution in [-0.4, -0.2) is 112 Å². The molecule has 10 atom stereocenters. The molecular formula is C20H28O12. The topological polar surface area (TPSA) is 185 Å². The third kappa shape index (κ3) is 5.03. The van der Waals surface area contributed by atoms with Crippen molar-refractivity contribution in [2.45, 2.75) is 68.3 Å². The Balaban J connectivity index is 1.65. The molecule has 12 heteroatoms. The molecule has 2 aliphatic rings. The van der Waals surface area contributed by atoms with E-state index in [1.54, 1.807) is 12.1 Å². The minimum atomic E-state index is -1.76. The summed E-state index contributed by atoms with van der Waals surface area (Å²) in [5.41, 5.74) is 0.0551. The Morgan fingerprint density at radius 2 is 1.50 bits per heavy atom. The maximum atomic E-state index is 12.5. The second-order valence-electron chi connectivity index (χ2n) is 7.63. The van der Waals surface area contributed by atoms with Crippen molar-refractivity contribution in [2.75, 3.05) is 13.7 Å². The summed E-state index contributed by atoms with van der Waals surface area (Å²) in [6.07, 6.45) is -14.7. The molecule has 12 nitrogen and oxygen atoms in total. The van der Waals surface area contributed by atoms with Crippen LogP contribution in [-0.2, 0) is 18.9 Å². The molecule has 10 unspecified atom stereocenters. The lowest BCUT2D eigenvalue weighted by Gasteiger charge is -2.42. The van der Waals surface area contributed by atoms with E-state index in [0.717, 1.165) is 0 Å². The molecule has 0 aliphatic carbocycles. The van der Waals surface area contributed by atoms with Crippen molar-refractivity contribution < 1.29 is 59.1 Å². The minimum absolute atomic E-state index is 0.0551. The largest absolute Gasteiger partial charge is 0.496 e. The molecule has 3 rings (SSSR count). The van der Waals surface area contributed by atoms with Crippen molar-refractivity contribution in [3.63, 3.8) is 0 Å². The van der Waals surface area contributed by atoms with Crippen LogP contribution in [0.4, 0.5) is 0 Å². The highest BCUT2D eigenvalue weighted by Gasteiger charge is 2.47. The predicted molar refractivity (Wildman–Crippen MR) is 103 cm³/mol. The molecule has 2 heterocycles. The van der Waals surface area contributed by atoms with E-state index < -0.39 is 74.0 Å². The predicted octanol–water partition coefficient (Wildman–Crippen LogP) is -2.50. The van der Waals surface area contributed by atoms with Gasteiger partial charge in [-0.3, -0.25) is 0 Å². The van der Waals surface area contributed by atoms with E-state index in [9.17, 15) is 35.4 Å². The van der Waals surface area contributed by atoms with Crippen molar-refractivity contribution in [3.8, 4) is 5.75 Å². The van der Waals surface area contributed by atoms with Crippen LogP contribution < -0.4 is 4.74 Å². The molecule has 1 aromatic carbocycles. The number of rotatable bonds is 6. The molecule has 0 aromatic heterocycles. The lowest BCUT2D eigenvalue weighted by Crippen LogP contribution is -2.61. The number of para-hydroxylation sites is 1. The minimum Gasteiger partial charge on any atom is -0.496 e. The van der Waals surface area contributed by atoms with Gasteiger partial charge in [0.2, 0.25) is 6.29 Å². The van der Waals surface area contributed by atoms with Crippen LogP contribution in [0.1, 0.15) is 17.3 Å². The molecule has 0 radical (unpaired) electrons. The molecule has 0 bridgehead atoms. The van der Waals surface area contributed by atoms with Crippen molar-refractivity contribution in [1.29, 1.82) is 0 Å². The van der Waals surface area contributed by atoms with E-state index in [1.165, 1.54) is 26.2 Å². The second-order valence-corrected chi connectivity index (χ2v) is 7.63. The van der Waals surface area contributed by atoms with E-state index in [2.05, 4.69) is 0 Å². The first-order chi connectivity index (χ1) is 15.1. The first-order valence-corrected chi connectivity index (χ1v) is 10.0. The maximum absolute atomic E-state index is 12.5. The zero-order valence-corrected chi connectivity index (χ0v) is 17.4. The number of esters is 1. The number of hydrogen-bond donors (Lipinski definition) is 6. The molecule has 6 N–H and O–H groups in total. The van der Waals surface area contributed by atoms with E-state index in [-0.39, 0.29) is 11.3 Å². The fourth-order valence-electron chi connectivity index (χ4n) is 3.47. The van der Waals surface area contributed by atoms with Crippen LogP contribution in [0.5, 0.6) is 5.75 Å². The van der Waals surface area contributed by atoms with Crippen LogP contribution >= 0.6 is 0 Å². The lowest BCUT2D eigenvalue weighted by atomic mass is 9.98. The van der Waals surface area contributed by atoms with Crippen LogP contribution in [0.3, 0.4) is 0 Å². The van der Waals surface area contributed by atoms with E-state index >= 15 is 0 Å². The smallest absolute Gasteiger partial charge is 0.344 e. The molecule has 32 heavy (non-hydrogen) atoms. The number of benzene rings is 1. The fourth-order valence-corrected chi connectivity index (χ4v) is 3.47. The van der Waals surface area contributed by atoms with Gasteiger partial charge in [-0.2, -0.15) is 0 Å². The van der Waals surface area contributed by atoms with Crippen molar-refractivity contribution in [2.24, 2.45) is 0 Å². The van der Waals surface area contributed by atoms with Gasteiger partial charge in [0.25, 0.3) is 0 Å². The van der Waals surface area contributed by atoms with Crippen molar-refractivity contribution >= 4 is 5.97 Å². The van der Waals surface area contributed by atoms with Gasteiger partial charge in [-0.05, 0) is 19.1 Å². The summed E-state index contributed by atoms with van der Waals surface area (Å²) in [4.78, 5) is 12.5. The summed E-state index contributed by atoms with van der Waals surface area (Å²) in [6, 6.07) is 6.19. The average Bonchev–Trinajstić information content (AvgIpc) is 2.79. The molecule has 0 amide bonds. The van der Waals surface area contributed by atoms with Gasteiger partial charge in [0, 0.05) is 0 Å². The summed E-state index contributed by atoms with van der Waals surface area (Å²) in [5.74, 6) is -0.673. The molecule has 2 aliphatic heterocycles. The van der Waals surface area contributed by atoms with E-state index in [0.29, 0.717) is 0 Å². The standard InChI is InChI=1S/C20H28O12/c1-8-12(21)14(23)16(25)19(30-8)29-7-11-13(22)15(24)17(26)20(31-11)32-18(27)9-5-3-4-6-10(9)28-2/h3-6,8,11-17,19-26H,7H2,1-2H3. The van der Waals surface area contributed by atoms with Crippen LogP contribution in [0, 0.1) is 0 Å². The van der Waals surface area contributed by atoms with Crippen molar-refractivity contribution in [3.05, 3.63) is 29.8 Å². The number of carbonyl (C=O) groups is 1. The monoisotopic (exact) mass is 460 g/mol. The number of aliphatic hydroxyl groups is 6. The lowest BCUT2D eigenvalue weighted by molar-refractivity contribution is -0.321. The highest BCUT2D eigenvalue weighted by atomic mass is 16.7. The van der Waals surface area contributed by atoms with Gasteiger partial charge in [-0.25, -0.2) is 4.79 Å². The summed E-state index contributed by atoms with van der Waals surface area (Å²) in [5, 5.41) is 60.2. The molecule has 2 saturated heterocycles. The Bertz CT molecular complexity index is 775. The Morgan fingerprint density at radius 1 is 0.875 bits per heavy atom. The first kappa shape index (κ1) is 24.8. The SMILES string of the molecule is COc1ccccc1C(=O)OC1OC(COC2OC(C)C(O)C(O)C2O)C(O)C(O)C1O. The Labute approximate surface area is 183 Å². The summed E-state index contributed by atoms with van der Waals surface area (Å²) < 4.78 is 26.4. The third-order valence-electron chi connectivity index (χ3n) is 5.45. The second kappa shape index (κ2) is 10.4. The summed E-state index contributed by atoms with van der Waals surface area (Å²) in [6.45, 7) is 1.00. The Morgan fingerprint density at radius 3 is 2.19 bits per heavy atom. The quantitative estimate of drug-likeness (QED) is 0.246. The molecule has 0 saturated carbocycles. The van der Waals surface area contributed by atoms with Crippen LogP contribution in [0.25, 0.3) is 0 Å². The zero-order chi connectivity index (χ0) is 23.6. The summed E-state index contributed by atoms with van der Waals surface area (Å²) >= 11 is 0. The van der Waals surface area contributed by atoms with Gasteiger partial charge in [0.1, 0.15) is 54.0 Å². The highest BCUT2D eigenvalue weighted by molar-refractivity contribution is 5.92. The molecule has 2 fully saturated rings. The summed E-state index contributed by atoms with van der Waals surface area (Å²) in [7, 11) is 1.37. The number of methoxy groups -OCH3 is 1. The fraction of sp³-hybridized carbons (Fsp3) is 0.650. The van der Waals surface area contributed by atoms with Gasteiger partial charge in [0.15, 0.2) is 6.29 Å².